The fourth-order valence-corrected chi connectivity index (χ4v) is 2.98. The minimum Gasteiger partial charge on any atom is -0.296 e. The maximum atomic E-state index is 5.98. The summed E-state index contributed by atoms with van der Waals surface area (Å²) >= 11 is 5.98. The Morgan fingerprint density at radius 2 is 1.83 bits per heavy atom. The third kappa shape index (κ3) is 3.49. The van der Waals surface area contributed by atoms with Gasteiger partial charge >= 0.3 is 0 Å². The van der Waals surface area contributed by atoms with Crippen molar-refractivity contribution in [1.29, 1.82) is 0 Å². The topological polar surface area (TPSA) is 3.24 Å². The number of rotatable bonds is 4. The molecule has 0 N–H and O–H groups in total. The minimum absolute atomic E-state index is 0.583. The standard InChI is InChI=1S/C16H24ClN/c1-3-4-16(14-5-7-15(17)8-6-14)18-11-9-13(2)10-12-18/h5-8,13,16H,3-4,9-12H2,1-2H3/t16-/m0/s1. The van der Waals surface area contributed by atoms with E-state index in [1.54, 1.807) is 0 Å². The van der Waals surface area contributed by atoms with Gasteiger partial charge in [0.2, 0.25) is 0 Å². The molecular weight excluding hydrogens is 242 g/mol. The Hall–Kier alpha value is -0.530. The number of hydrogen-bond donors (Lipinski definition) is 0. The van der Waals surface area contributed by atoms with Crippen molar-refractivity contribution in [2.45, 2.75) is 45.6 Å². The summed E-state index contributed by atoms with van der Waals surface area (Å²) < 4.78 is 0. The maximum absolute atomic E-state index is 5.98. The minimum atomic E-state index is 0.583. The van der Waals surface area contributed by atoms with Crippen LogP contribution < -0.4 is 0 Å². The highest BCUT2D eigenvalue weighted by molar-refractivity contribution is 6.30. The van der Waals surface area contributed by atoms with Gasteiger partial charge in [-0.05, 0) is 56.0 Å². The van der Waals surface area contributed by atoms with E-state index in [0.717, 1.165) is 10.9 Å². The van der Waals surface area contributed by atoms with Crippen molar-refractivity contribution < 1.29 is 0 Å². The van der Waals surface area contributed by atoms with E-state index in [1.165, 1.54) is 44.3 Å². The van der Waals surface area contributed by atoms with Crippen LogP contribution in [0.25, 0.3) is 0 Å². The highest BCUT2D eigenvalue weighted by Gasteiger charge is 2.23. The first-order valence-corrected chi connectivity index (χ1v) is 7.58. The zero-order valence-corrected chi connectivity index (χ0v) is 12.3. The lowest BCUT2D eigenvalue weighted by Gasteiger charge is -2.37. The number of likely N-dealkylation sites (tertiary alicyclic amines) is 1. The van der Waals surface area contributed by atoms with Crippen LogP contribution in [0.5, 0.6) is 0 Å². The smallest absolute Gasteiger partial charge is 0.0406 e. The van der Waals surface area contributed by atoms with E-state index in [-0.39, 0.29) is 0 Å². The normalized spacial score (nSPS) is 19.9. The molecule has 1 aromatic rings. The molecule has 1 aliphatic heterocycles. The van der Waals surface area contributed by atoms with Crippen LogP contribution in [0.1, 0.15) is 51.1 Å². The molecule has 1 aliphatic rings. The average Bonchev–Trinajstić information content (AvgIpc) is 2.39. The van der Waals surface area contributed by atoms with Gasteiger partial charge in [0.15, 0.2) is 0 Å². The van der Waals surface area contributed by atoms with Crippen LogP contribution in [-0.2, 0) is 0 Å². The third-order valence-corrected chi connectivity index (χ3v) is 4.33. The zero-order valence-electron chi connectivity index (χ0n) is 11.5. The monoisotopic (exact) mass is 265 g/mol. The summed E-state index contributed by atoms with van der Waals surface area (Å²) in [4.78, 5) is 2.66. The van der Waals surface area contributed by atoms with Gasteiger partial charge < -0.3 is 0 Å². The molecule has 0 saturated carbocycles. The number of nitrogens with zero attached hydrogens (tertiary/aromatic N) is 1. The summed E-state index contributed by atoms with van der Waals surface area (Å²) in [5.74, 6) is 0.897. The summed E-state index contributed by atoms with van der Waals surface area (Å²) in [6, 6.07) is 9.01. The van der Waals surface area contributed by atoms with Crippen molar-refractivity contribution in [2.75, 3.05) is 13.1 Å². The highest BCUT2D eigenvalue weighted by Crippen LogP contribution is 2.30. The van der Waals surface area contributed by atoms with Gasteiger partial charge in [-0.25, -0.2) is 0 Å². The second-order valence-electron chi connectivity index (χ2n) is 5.57. The Morgan fingerprint density at radius 3 is 2.39 bits per heavy atom. The lowest BCUT2D eigenvalue weighted by Crippen LogP contribution is -2.36. The van der Waals surface area contributed by atoms with E-state index in [1.807, 2.05) is 12.1 Å². The molecule has 1 nitrogen and oxygen atoms in total. The Kier molecular flexibility index (Phi) is 5.08. The molecule has 0 amide bonds. The van der Waals surface area contributed by atoms with Gasteiger partial charge in [-0.3, -0.25) is 4.90 Å². The lowest BCUT2D eigenvalue weighted by atomic mass is 9.94. The molecule has 0 radical (unpaired) electrons. The van der Waals surface area contributed by atoms with Crippen molar-refractivity contribution in [2.24, 2.45) is 5.92 Å². The number of halogens is 1. The van der Waals surface area contributed by atoms with Crippen LogP contribution in [0.15, 0.2) is 24.3 Å². The summed E-state index contributed by atoms with van der Waals surface area (Å²) in [7, 11) is 0. The van der Waals surface area contributed by atoms with Crippen LogP contribution in [0, 0.1) is 5.92 Å². The molecule has 0 unspecified atom stereocenters. The quantitative estimate of drug-likeness (QED) is 0.747. The second-order valence-corrected chi connectivity index (χ2v) is 6.01. The molecule has 1 fully saturated rings. The summed E-state index contributed by atoms with van der Waals surface area (Å²) in [6.45, 7) is 7.13. The first-order chi connectivity index (χ1) is 8.70. The van der Waals surface area contributed by atoms with E-state index < -0.39 is 0 Å². The van der Waals surface area contributed by atoms with Crippen molar-refractivity contribution in [1.82, 2.24) is 4.90 Å². The molecule has 18 heavy (non-hydrogen) atoms. The molecule has 0 aromatic heterocycles. The molecular formula is C16H24ClN. The van der Waals surface area contributed by atoms with Crippen LogP contribution in [0.4, 0.5) is 0 Å². The van der Waals surface area contributed by atoms with Crippen molar-refractivity contribution in [3.05, 3.63) is 34.9 Å². The summed E-state index contributed by atoms with van der Waals surface area (Å²) in [6.07, 6.45) is 5.16. The average molecular weight is 266 g/mol. The van der Waals surface area contributed by atoms with Crippen molar-refractivity contribution in [3.63, 3.8) is 0 Å². The van der Waals surface area contributed by atoms with Crippen molar-refractivity contribution >= 4 is 11.6 Å². The van der Waals surface area contributed by atoms with E-state index in [2.05, 4.69) is 30.9 Å². The zero-order chi connectivity index (χ0) is 13.0. The number of benzene rings is 1. The predicted molar refractivity (Wildman–Crippen MR) is 79.1 cm³/mol. The maximum Gasteiger partial charge on any atom is 0.0406 e. The van der Waals surface area contributed by atoms with Gasteiger partial charge in [0.1, 0.15) is 0 Å². The van der Waals surface area contributed by atoms with Gasteiger partial charge in [0.05, 0.1) is 0 Å². The molecule has 1 atom stereocenters. The Balaban J connectivity index is 2.09. The van der Waals surface area contributed by atoms with Gasteiger partial charge in [-0.1, -0.05) is 44.0 Å². The molecule has 2 rings (SSSR count). The van der Waals surface area contributed by atoms with Crippen LogP contribution in [0.2, 0.25) is 5.02 Å². The molecule has 0 spiro atoms. The lowest BCUT2D eigenvalue weighted by molar-refractivity contribution is 0.131. The van der Waals surface area contributed by atoms with Crippen molar-refractivity contribution in [3.8, 4) is 0 Å². The summed E-state index contributed by atoms with van der Waals surface area (Å²) in [5.41, 5.74) is 1.43. The van der Waals surface area contributed by atoms with Gasteiger partial charge in [-0.2, -0.15) is 0 Å². The van der Waals surface area contributed by atoms with Gasteiger partial charge in [0, 0.05) is 11.1 Å². The fraction of sp³-hybridized carbons (Fsp3) is 0.625. The van der Waals surface area contributed by atoms with E-state index in [0.29, 0.717) is 6.04 Å². The Labute approximate surface area is 116 Å². The second kappa shape index (κ2) is 6.58. The molecule has 1 heterocycles. The highest BCUT2D eigenvalue weighted by atomic mass is 35.5. The van der Waals surface area contributed by atoms with Gasteiger partial charge in [0.25, 0.3) is 0 Å². The molecule has 100 valence electrons. The molecule has 0 bridgehead atoms. The van der Waals surface area contributed by atoms with E-state index in [9.17, 15) is 0 Å². The number of hydrogen-bond acceptors (Lipinski definition) is 1. The van der Waals surface area contributed by atoms with Gasteiger partial charge in [-0.15, -0.1) is 0 Å². The summed E-state index contributed by atoms with van der Waals surface area (Å²) in [5, 5.41) is 0.835. The molecule has 1 aromatic carbocycles. The predicted octanol–water partition coefficient (Wildman–Crippen LogP) is 4.91. The molecule has 0 aliphatic carbocycles. The van der Waals surface area contributed by atoms with Crippen LogP contribution >= 0.6 is 11.6 Å². The largest absolute Gasteiger partial charge is 0.296 e. The first kappa shape index (κ1) is 13.9. The molecule has 1 saturated heterocycles. The van der Waals surface area contributed by atoms with E-state index in [4.69, 9.17) is 11.6 Å². The Morgan fingerprint density at radius 1 is 1.22 bits per heavy atom. The Bertz CT molecular complexity index is 352. The number of piperidine rings is 1. The molecule has 2 heteroatoms. The fourth-order valence-electron chi connectivity index (χ4n) is 2.86. The SMILES string of the molecule is CCC[C@@H](c1ccc(Cl)cc1)N1CCC(C)CC1. The van der Waals surface area contributed by atoms with Crippen LogP contribution in [-0.4, -0.2) is 18.0 Å². The van der Waals surface area contributed by atoms with E-state index >= 15 is 0 Å². The van der Waals surface area contributed by atoms with Crippen LogP contribution in [0.3, 0.4) is 0 Å². The third-order valence-electron chi connectivity index (χ3n) is 4.08. The first-order valence-electron chi connectivity index (χ1n) is 7.20.